The average molecular weight is 634 g/mol. The zero-order valence-electron chi connectivity index (χ0n) is 21.1. The van der Waals surface area contributed by atoms with Crippen LogP contribution in [0.25, 0.3) is 0 Å². The van der Waals surface area contributed by atoms with Gasteiger partial charge in [-0.05, 0) is 0 Å². The van der Waals surface area contributed by atoms with Crippen LogP contribution in [0.4, 0.5) is 0 Å². The molecule has 0 spiro atoms. The summed E-state index contributed by atoms with van der Waals surface area (Å²) in [6.07, 6.45) is 26.6. The molecule has 34 heavy (non-hydrogen) atoms. The zero-order valence-corrected chi connectivity index (χ0v) is 23.9. The molecular weight excluding hydrogens is 589 g/mol. The first kappa shape index (κ1) is 21.0. The molecule has 0 aliphatic heterocycles. The van der Waals surface area contributed by atoms with Crippen LogP contribution in [0.15, 0.2) is 10.7 Å². The number of rotatable bonds is 3. The third kappa shape index (κ3) is 3.35. The van der Waals surface area contributed by atoms with Crippen molar-refractivity contribution in [1.82, 2.24) is 0 Å². The van der Waals surface area contributed by atoms with Gasteiger partial charge in [0.2, 0.25) is 0 Å². The van der Waals surface area contributed by atoms with Gasteiger partial charge in [0.1, 0.15) is 0 Å². The van der Waals surface area contributed by atoms with E-state index in [1.807, 2.05) is 0 Å². The van der Waals surface area contributed by atoms with E-state index in [0.717, 1.165) is 53.3 Å². The summed E-state index contributed by atoms with van der Waals surface area (Å²) in [4.78, 5) is 0. The second-order valence-corrected chi connectivity index (χ2v) is 19.4. The summed E-state index contributed by atoms with van der Waals surface area (Å²) in [5.74, 6) is 8.97. The van der Waals surface area contributed by atoms with Crippen LogP contribution >= 0.6 is 0 Å². The Balaban J connectivity index is 1.18. The van der Waals surface area contributed by atoms with Crippen LogP contribution in [0.5, 0.6) is 0 Å². The Bertz CT molecular complexity index is 814. The fourth-order valence-electron chi connectivity index (χ4n) is 13.0. The van der Waals surface area contributed by atoms with Crippen LogP contribution in [-0.4, -0.2) is 16.6 Å². The van der Waals surface area contributed by atoms with Gasteiger partial charge in [-0.25, -0.2) is 0 Å². The van der Waals surface area contributed by atoms with E-state index < -0.39 is 16.2 Å². The molecule has 0 heterocycles. The molecule has 12 aliphatic rings. The van der Waals surface area contributed by atoms with E-state index in [-0.39, 0.29) is 0 Å². The minimum atomic E-state index is -2.44. The first-order valence-electron chi connectivity index (χ1n) is 15.4. The summed E-state index contributed by atoms with van der Waals surface area (Å²) in [5, 5.41) is 0. The molecule has 12 fully saturated rings. The predicted octanol–water partition coefficient (Wildman–Crippen LogP) is 8.06. The van der Waals surface area contributed by atoms with Crippen molar-refractivity contribution in [3.8, 4) is 0 Å². The van der Waals surface area contributed by atoms with Crippen LogP contribution < -0.4 is 0 Å². The first-order valence-corrected chi connectivity index (χ1v) is 19.0. The van der Waals surface area contributed by atoms with Crippen molar-refractivity contribution in [2.75, 3.05) is 0 Å². The normalized spacial score (nSPS) is 59.5. The molecule has 12 rings (SSSR count). The van der Waals surface area contributed by atoms with E-state index >= 15 is 0 Å². The van der Waals surface area contributed by atoms with Crippen molar-refractivity contribution in [3.05, 3.63) is 0 Å². The van der Waals surface area contributed by atoms with Gasteiger partial charge in [-0.15, -0.1) is 0 Å². The molecule has 12 aliphatic carbocycles. The molecule has 4 heteroatoms. The van der Waals surface area contributed by atoms with Gasteiger partial charge < -0.3 is 0 Å². The Kier molecular flexibility index (Phi) is 4.41. The first-order chi connectivity index (χ1) is 16.5. The van der Waals surface area contributed by atoms with Crippen molar-refractivity contribution >= 4 is 0 Å². The minimum absolute atomic E-state index is 0.329. The van der Waals surface area contributed by atoms with Gasteiger partial charge in [-0.2, -0.15) is 0 Å². The molecule has 0 saturated heterocycles. The quantitative estimate of drug-likeness (QED) is 0.302. The third-order valence-corrected chi connectivity index (χ3v) is 18.3. The van der Waals surface area contributed by atoms with E-state index in [4.69, 9.17) is 10.7 Å². The van der Waals surface area contributed by atoms with Gasteiger partial charge in [0, 0.05) is 0 Å². The van der Waals surface area contributed by atoms with E-state index in [0.29, 0.717) is 16.6 Å². The molecule has 0 aromatic carbocycles. The SMILES string of the molecule is C1C2CC3CC1CC([N]=[Re](=[N]C14CC5CC(CC(C5)C1)C4)=[N]C14CC5CC(CC(C5)C1)C4)(C2)C3. The van der Waals surface area contributed by atoms with E-state index in [9.17, 15) is 0 Å². The molecule has 0 amide bonds. The van der Waals surface area contributed by atoms with Gasteiger partial charge in [0.05, 0.1) is 0 Å². The Labute approximate surface area is 211 Å². The van der Waals surface area contributed by atoms with Crippen LogP contribution in [0.1, 0.15) is 116 Å². The van der Waals surface area contributed by atoms with Crippen molar-refractivity contribution < 1.29 is 16.2 Å². The molecule has 3 nitrogen and oxygen atoms in total. The van der Waals surface area contributed by atoms with Crippen molar-refractivity contribution in [2.24, 2.45) is 64.0 Å². The van der Waals surface area contributed by atoms with Gasteiger partial charge in [0.25, 0.3) is 0 Å². The molecular formula is C30H45N3Re. The summed E-state index contributed by atoms with van der Waals surface area (Å²) in [7, 11) is 0. The van der Waals surface area contributed by atoms with Crippen molar-refractivity contribution in [1.29, 1.82) is 0 Å². The molecule has 187 valence electrons. The van der Waals surface area contributed by atoms with Crippen LogP contribution in [0, 0.1) is 53.3 Å². The summed E-state index contributed by atoms with van der Waals surface area (Å²) in [5.41, 5.74) is 0.988. The maximum atomic E-state index is 6.07. The molecule has 0 aromatic rings. The topological polar surface area (TPSA) is 37.1 Å². The molecule has 12 saturated carbocycles. The molecule has 0 unspecified atom stereocenters. The molecule has 12 bridgehead atoms. The fourth-order valence-corrected chi connectivity index (χ4v) is 19.1. The van der Waals surface area contributed by atoms with E-state index in [2.05, 4.69) is 0 Å². The van der Waals surface area contributed by atoms with Gasteiger partial charge in [-0.3, -0.25) is 0 Å². The van der Waals surface area contributed by atoms with Crippen molar-refractivity contribution in [2.45, 2.75) is 132 Å². The van der Waals surface area contributed by atoms with Gasteiger partial charge in [0.15, 0.2) is 0 Å². The second-order valence-electron chi connectivity index (χ2n) is 15.9. The standard InChI is InChI=1S/3C10H15N.Re/c3*11-10-4-7-1-8(5-10)3-9(2-7)6-10;/h3*7-9H,1-6H2;. The predicted molar refractivity (Wildman–Crippen MR) is 130 cm³/mol. The fraction of sp³-hybridized carbons (Fsp3) is 1.00. The van der Waals surface area contributed by atoms with Crippen LogP contribution in [0.3, 0.4) is 0 Å². The molecule has 0 N–H and O–H groups in total. The Hall–Kier alpha value is 0.0623. The van der Waals surface area contributed by atoms with Gasteiger partial charge >= 0.3 is 212 Å². The summed E-state index contributed by atoms with van der Waals surface area (Å²) in [6, 6.07) is 0. The zero-order chi connectivity index (χ0) is 22.1. The van der Waals surface area contributed by atoms with E-state index in [1.54, 1.807) is 0 Å². The number of hydrogen-bond acceptors (Lipinski definition) is 3. The monoisotopic (exact) mass is 634 g/mol. The Morgan fingerprint density at radius 1 is 0.324 bits per heavy atom. The second kappa shape index (κ2) is 7.13. The number of nitrogens with zero attached hydrogens (tertiary/aromatic N) is 3. The Morgan fingerprint density at radius 3 is 0.676 bits per heavy atom. The molecule has 0 atom stereocenters. The molecule has 0 radical (unpaired) electrons. The summed E-state index contributed by atoms with van der Waals surface area (Å²) < 4.78 is 18.2. The van der Waals surface area contributed by atoms with Crippen LogP contribution in [0.2, 0.25) is 0 Å². The average Bonchev–Trinajstić information content (AvgIpc) is 2.69. The molecule has 0 aromatic heterocycles. The van der Waals surface area contributed by atoms with Crippen LogP contribution in [-0.2, 0) is 16.2 Å². The summed E-state index contributed by atoms with van der Waals surface area (Å²) in [6.45, 7) is 0. The van der Waals surface area contributed by atoms with Crippen molar-refractivity contribution in [3.63, 3.8) is 0 Å². The maximum absolute atomic E-state index is 6.07. The number of hydrogen-bond donors (Lipinski definition) is 0. The van der Waals surface area contributed by atoms with Gasteiger partial charge in [-0.1, -0.05) is 0 Å². The third-order valence-electron chi connectivity index (χ3n) is 12.8. The Morgan fingerprint density at radius 2 is 0.500 bits per heavy atom. The van der Waals surface area contributed by atoms with E-state index in [1.165, 1.54) is 116 Å². The summed E-state index contributed by atoms with van der Waals surface area (Å²) >= 11 is -2.44.